The van der Waals surface area contributed by atoms with E-state index in [9.17, 15) is 4.79 Å². The monoisotopic (exact) mass is 241 g/mol. The van der Waals surface area contributed by atoms with Crippen LogP contribution in [0.3, 0.4) is 0 Å². The Balaban J connectivity index is 2.25. The Morgan fingerprint density at radius 2 is 2.00 bits per heavy atom. The molecule has 2 aromatic rings. The van der Waals surface area contributed by atoms with E-state index < -0.39 is 5.91 Å². The second-order valence-electron chi connectivity index (χ2n) is 3.94. The number of nitrogens with two attached hydrogens (primary N) is 1. The van der Waals surface area contributed by atoms with Crippen molar-refractivity contribution in [2.24, 2.45) is 5.73 Å². The molecule has 0 saturated carbocycles. The lowest BCUT2D eigenvalue weighted by molar-refractivity contribution is 0.100. The Hall–Kier alpha value is -2.36. The summed E-state index contributed by atoms with van der Waals surface area (Å²) in [4.78, 5) is 15.4. The number of benzene rings is 1. The number of nitrogens with zero attached hydrogens (tertiary/aromatic N) is 1. The van der Waals surface area contributed by atoms with Gasteiger partial charge in [0.2, 0.25) is 0 Å². The van der Waals surface area contributed by atoms with Gasteiger partial charge in [0.15, 0.2) is 0 Å². The van der Waals surface area contributed by atoms with E-state index in [1.165, 1.54) is 5.56 Å². The first-order chi connectivity index (χ1) is 8.70. The Morgan fingerprint density at radius 1 is 1.28 bits per heavy atom. The van der Waals surface area contributed by atoms with E-state index in [2.05, 4.69) is 17.2 Å². The van der Waals surface area contributed by atoms with Crippen LogP contribution < -0.4 is 11.1 Å². The van der Waals surface area contributed by atoms with E-state index in [1.807, 2.05) is 24.3 Å². The van der Waals surface area contributed by atoms with Crippen LogP contribution in [0.2, 0.25) is 0 Å². The minimum Gasteiger partial charge on any atom is -0.365 e. The maximum absolute atomic E-state index is 11.3. The van der Waals surface area contributed by atoms with Crippen molar-refractivity contribution in [2.45, 2.75) is 13.3 Å². The number of anilines is 2. The lowest BCUT2D eigenvalue weighted by Crippen LogP contribution is -2.14. The van der Waals surface area contributed by atoms with Crippen LogP contribution in [0.4, 0.5) is 11.5 Å². The number of nitrogens with one attached hydrogen (secondary N) is 1. The van der Waals surface area contributed by atoms with Gasteiger partial charge in [-0.05, 0) is 36.2 Å². The summed E-state index contributed by atoms with van der Waals surface area (Å²) in [6, 6.07) is 11.3. The summed E-state index contributed by atoms with van der Waals surface area (Å²) in [6.45, 7) is 2.10. The van der Waals surface area contributed by atoms with Gasteiger partial charge in [-0.2, -0.15) is 0 Å². The van der Waals surface area contributed by atoms with E-state index >= 15 is 0 Å². The summed E-state index contributed by atoms with van der Waals surface area (Å²) < 4.78 is 0. The Morgan fingerprint density at radius 3 is 2.61 bits per heavy atom. The number of carbonyl (C=O) groups is 1. The fraction of sp³-hybridized carbons (Fsp3) is 0.143. The van der Waals surface area contributed by atoms with Crippen molar-refractivity contribution < 1.29 is 4.79 Å². The molecule has 1 aromatic heterocycles. The van der Waals surface area contributed by atoms with Gasteiger partial charge in [0.25, 0.3) is 5.91 Å². The molecule has 0 aliphatic rings. The third-order valence-electron chi connectivity index (χ3n) is 2.70. The third kappa shape index (κ3) is 2.66. The third-order valence-corrected chi connectivity index (χ3v) is 2.70. The SMILES string of the molecule is CCc1ccc(Nc2ncccc2C(N)=O)cc1. The predicted octanol–water partition coefficient (Wildman–Crippen LogP) is 2.49. The van der Waals surface area contributed by atoms with Gasteiger partial charge < -0.3 is 11.1 Å². The lowest BCUT2D eigenvalue weighted by Gasteiger charge is -2.09. The van der Waals surface area contributed by atoms with Gasteiger partial charge in [0.1, 0.15) is 5.82 Å². The fourth-order valence-electron chi connectivity index (χ4n) is 1.66. The highest BCUT2D eigenvalue weighted by Crippen LogP contribution is 2.18. The largest absolute Gasteiger partial charge is 0.365 e. The van der Waals surface area contributed by atoms with Gasteiger partial charge in [-0.15, -0.1) is 0 Å². The van der Waals surface area contributed by atoms with Crippen LogP contribution in [0.15, 0.2) is 42.6 Å². The molecule has 3 N–H and O–H groups in total. The number of pyridine rings is 1. The molecule has 0 saturated heterocycles. The van der Waals surface area contributed by atoms with E-state index in [-0.39, 0.29) is 0 Å². The highest BCUT2D eigenvalue weighted by atomic mass is 16.1. The maximum Gasteiger partial charge on any atom is 0.252 e. The summed E-state index contributed by atoms with van der Waals surface area (Å²) in [5.74, 6) is -0.00923. The van der Waals surface area contributed by atoms with Gasteiger partial charge in [-0.1, -0.05) is 19.1 Å². The number of aromatic nitrogens is 1. The topological polar surface area (TPSA) is 68.0 Å². The second-order valence-corrected chi connectivity index (χ2v) is 3.94. The summed E-state index contributed by atoms with van der Waals surface area (Å²) in [7, 11) is 0. The lowest BCUT2D eigenvalue weighted by atomic mass is 10.1. The first-order valence-corrected chi connectivity index (χ1v) is 5.81. The van der Waals surface area contributed by atoms with Gasteiger partial charge >= 0.3 is 0 Å². The van der Waals surface area contributed by atoms with Crippen molar-refractivity contribution in [1.29, 1.82) is 0 Å². The summed E-state index contributed by atoms with van der Waals surface area (Å²) in [6.07, 6.45) is 2.62. The molecule has 0 unspecified atom stereocenters. The van der Waals surface area contributed by atoms with Crippen LogP contribution in [-0.2, 0) is 6.42 Å². The van der Waals surface area contributed by atoms with Gasteiger partial charge in [0, 0.05) is 11.9 Å². The minimum atomic E-state index is -0.490. The average molecular weight is 241 g/mol. The molecule has 92 valence electrons. The van der Waals surface area contributed by atoms with E-state index in [4.69, 9.17) is 5.73 Å². The zero-order valence-electron chi connectivity index (χ0n) is 10.2. The molecule has 18 heavy (non-hydrogen) atoms. The van der Waals surface area contributed by atoms with Crippen LogP contribution in [0.5, 0.6) is 0 Å². The number of primary amides is 1. The summed E-state index contributed by atoms with van der Waals surface area (Å²) >= 11 is 0. The Bertz CT molecular complexity index is 549. The van der Waals surface area contributed by atoms with Crippen molar-refractivity contribution in [3.8, 4) is 0 Å². The predicted molar refractivity (Wildman–Crippen MR) is 71.9 cm³/mol. The van der Waals surface area contributed by atoms with Crippen LogP contribution in [0.1, 0.15) is 22.8 Å². The van der Waals surface area contributed by atoms with Crippen molar-refractivity contribution >= 4 is 17.4 Å². The zero-order valence-corrected chi connectivity index (χ0v) is 10.2. The first kappa shape index (κ1) is 12.1. The number of hydrogen-bond acceptors (Lipinski definition) is 3. The van der Waals surface area contributed by atoms with Gasteiger partial charge in [-0.3, -0.25) is 4.79 Å². The highest BCUT2D eigenvalue weighted by molar-refractivity contribution is 5.98. The van der Waals surface area contributed by atoms with Gasteiger partial charge in [0.05, 0.1) is 5.56 Å². The molecule has 0 aliphatic carbocycles. The van der Waals surface area contributed by atoms with Crippen LogP contribution in [0, 0.1) is 0 Å². The Labute approximate surface area is 106 Å². The molecule has 1 amide bonds. The number of aryl methyl sites for hydroxylation is 1. The molecule has 1 heterocycles. The average Bonchev–Trinajstić information content (AvgIpc) is 2.40. The maximum atomic E-state index is 11.3. The molecule has 2 rings (SSSR count). The molecule has 0 aliphatic heterocycles. The molecule has 0 atom stereocenters. The molecule has 4 heteroatoms. The molecule has 0 radical (unpaired) electrons. The van der Waals surface area contributed by atoms with Gasteiger partial charge in [-0.25, -0.2) is 4.98 Å². The molecule has 1 aromatic carbocycles. The highest BCUT2D eigenvalue weighted by Gasteiger charge is 2.08. The van der Waals surface area contributed by atoms with Crippen LogP contribution >= 0.6 is 0 Å². The fourth-order valence-corrected chi connectivity index (χ4v) is 1.66. The van der Waals surface area contributed by atoms with E-state index in [0.29, 0.717) is 11.4 Å². The summed E-state index contributed by atoms with van der Waals surface area (Å²) in [5.41, 5.74) is 7.82. The van der Waals surface area contributed by atoms with Crippen LogP contribution in [0.25, 0.3) is 0 Å². The number of amides is 1. The molecule has 0 bridgehead atoms. The zero-order chi connectivity index (χ0) is 13.0. The second kappa shape index (κ2) is 5.31. The quantitative estimate of drug-likeness (QED) is 0.864. The molecule has 0 spiro atoms. The number of carbonyl (C=O) groups excluding carboxylic acids is 1. The molecule has 0 fully saturated rings. The standard InChI is InChI=1S/C14H15N3O/c1-2-10-5-7-11(8-6-10)17-14-12(13(15)18)4-3-9-16-14/h3-9H,2H2,1H3,(H2,15,18)(H,16,17). The first-order valence-electron chi connectivity index (χ1n) is 5.81. The smallest absolute Gasteiger partial charge is 0.252 e. The Kier molecular flexibility index (Phi) is 3.57. The number of rotatable bonds is 4. The summed E-state index contributed by atoms with van der Waals surface area (Å²) in [5, 5.41) is 3.09. The van der Waals surface area contributed by atoms with Crippen molar-refractivity contribution in [1.82, 2.24) is 4.98 Å². The normalized spacial score (nSPS) is 10.1. The number of hydrogen-bond donors (Lipinski definition) is 2. The molecule has 4 nitrogen and oxygen atoms in total. The molecular formula is C14H15N3O. The molecular weight excluding hydrogens is 226 g/mol. The van der Waals surface area contributed by atoms with E-state index in [0.717, 1.165) is 12.1 Å². The van der Waals surface area contributed by atoms with Crippen molar-refractivity contribution in [3.05, 3.63) is 53.7 Å². The minimum absolute atomic E-state index is 0.386. The van der Waals surface area contributed by atoms with Crippen molar-refractivity contribution in [2.75, 3.05) is 5.32 Å². The van der Waals surface area contributed by atoms with E-state index in [1.54, 1.807) is 18.3 Å². The van der Waals surface area contributed by atoms with Crippen molar-refractivity contribution in [3.63, 3.8) is 0 Å². The van der Waals surface area contributed by atoms with Crippen LogP contribution in [-0.4, -0.2) is 10.9 Å².